The molecule has 0 radical (unpaired) electrons. The number of aromatic nitrogens is 2. The summed E-state index contributed by atoms with van der Waals surface area (Å²) in [6.07, 6.45) is 7.69. The van der Waals surface area contributed by atoms with Crippen molar-refractivity contribution in [2.24, 2.45) is 17.5 Å². The molecular weight excluding hydrogens is 286 g/mol. The molecule has 0 saturated carbocycles. The zero-order valence-corrected chi connectivity index (χ0v) is 15.5. The average molecular weight is 319 g/mol. The van der Waals surface area contributed by atoms with Crippen LogP contribution in [0.15, 0.2) is 17.4 Å². The lowest BCUT2D eigenvalue weighted by molar-refractivity contribution is 0.367. The lowest BCUT2D eigenvalue weighted by atomic mass is 9.91. The van der Waals surface area contributed by atoms with E-state index in [0.29, 0.717) is 11.3 Å². The maximum absolute atomic E-state index is 4.84. The molecule has 1 aromatic heterocycles. The Bertz CT molecular complexity index is 512. The third kappa shape index (κ3) is 5.56. The van der Waals surface area contributed by atoms with Crippen LogP contribution in [0, 0.1) is 5.41 Å². The van der Waals surface area contributed by atoms with Gasteiger partial charge in [0, 0.05) is 45.3 Å². The standard InChI is InChI=1S/C18H33N5/c1-6-19-17(20-10-7-9-18(2,3)4)23-11-8-15(14-23)16-12-21-22(5)13-16/h12-13,15H,6-11,14H2,1-5H3,(H,19,20). The normalized spacial score (nSPS) is 19.4. The average Bonchev–Trinajstić information content (AvgIpc) is 3.10. The summed E-state index contributed by atoms with van der Waals surface area (Å²) in [6.45, 7) is 13.0. The van der Waals surface area contributed by atoms with Gasteiger partial charge < -0.3 is 10.2 Å². The first-order valence-electron chi connectivity index (χ1n) is 8.91. The highest BCUT2D eigenvalue weighted by Gasteiger charge is 2.26. The molecule has 1 atom stereocenters. The summed E-state index contributed by atoms with van der Waals surface area (Å²) in [5.74, 6) is 1.65. The van der Waals surface area contributed by atoms with E-state index >= 15 is 0 Å². The zero-order chi connectivity index (χ0) is 16.9. The largest absolute Gasteiger partial charge is 0.357 e. The van der Waals surface area contributed by atoms with E-state index in [1.807, 2.05) is 17.9 Å². The SMILES string of the molecule is CCNC(=NCCCC(C)(C)C)N1CCC(c2cnn(C)c2)C1. The Morgan fingerprint density at radius 2 is 2.22 bits per heavy atom. The molecule has 0 bridgehead atoms. The predicted octanol–water partition coefficient (Wildman–Crippen LogP) is 3.00. The molecule has 1 unspecified atom stereocenters. The van der Waals surface area contributed by atoms with E-state index in [2.05, 4.69) is 49.2 Å². The second-order valence-corrected chi connectivity index (χ2v) is 7.78. The third-order valence-electron chi connectivity index (χ3n) is 4.37. The quantitative estimate of drug-likeness (QED) is 0.515. The highest BCUT2D eigenvalue weighted by molar-refractivity contribution is 5.80. The minimum atomic E-state index is 0.396. The number of nitrogens with zero attached hydrogens (tertiary/aromatic N) is 4. The Morgan fingerprint density at radius 3 is 2.83 bits per heavy atom. The Balaban J connectivity index is 1.90. The predicted molar refractivity (Wildman–Crippen MR) is 96.8 cm³/mol. The van der Waals surface area contributed by atoms with Crippen LogP contribution < -0.4 is 5.32 Å². The number of hydrogen-bond acceptors (Lipinski definition) is 2. The van der Waals surface area contributed by atoms with E-state index in [-0.39, 0.29) is 0 Å². The van der Waals surface area contributed by atoms with Crippen LogP contribution in [0.3, 0.4) is 0 Å². The Labute approximate surface area is 141 Å². The molecule has 0 aromatic carbocycles. The first-order valence-corrected chi connectivity index (χ1v) is 8.91. The monoisotopic (exact) mass is 319 g/mol. The molecule has 2 rings (SSSR count). The fourth-order valence-electron chi connectivity index (χ4n) is 3.10. The fourth-order valence-corrected chi connectivity index (χ4v) is 3.10. The van der Waals surface area contributed by atoms with Crippen LogP contribution in [0.25, 0.3) is 0 Å². The lowest BCUT2D eigenvalue weighted by Gasteiger charge is -2.22. The molecule has 5 heteroatoms. The van der Waals surface area contributed by atoms with Gasteiger partial charge in [-0.1, -0.05) is 20.8 Å². The number of likely N-dealkylation sites (tertiary alicyclic amines) is 1. The van der Waals surface area contributed by atoms with Crippen molar-refractivity contribution < 1.29 is 0 Å². The molecule has 0 aliphatic carbocycles. The highest BCUT2D eigenvalue weighted by Crippen LogP contribution is 2.26. The topological polar surface area (TPSA) is 45.5 Å². The second kappa shape index (κ2) is 7.84. The van der Waals surface area contributed by atoms with Gasteiger partial charge in [0.05, 0.1) is 6.20 Å². The van der Waals surface area contributed by atoms with Gasteiger partial charge in [-0.25, -0.2) is 0 Å². The molecule has 2 heterocycles. The van der Waals surface area contributed by atoms with E-state index in [9.17, 15) is 0 Å². The van der Waals surface area contributed by atoms with Crippen LogP contribution in [-0.4, -0.2) is 46.8 Å². The summed E-state index contributed by atoms with van der Waals surface area (Å²) in [7, 11) is 1.98. The molecule has 0 spiro atoms. The summed E-state index contributed by atoms with van der Waals surface area (Å²) in [6, 6.07) is 0. The number of rotatable bonds is 5. The van der Waals surface area contributed by atoms with Crippen molar-refractivity contribution in [3.8, 4) is 0 Å². The smallest absolute Gasteiger partial charge is 0.193 e. The van der Waals surface area contributed by atoms with Gasteiger partial charge in [0.25, 0.3) is 0 Å². The summed E-state index contributed by atoms with van der Waals surface area (Å²) < 4.78 is 1.89. The van der Waals surface area contributed by atoms with Crippen molar-refractivity contribution in [3.05, 3.63) is 18.0 Å². The van der Waals surface area contributed by atoms with Gasteiger partial charge in [-0.05, 0) is 37.2 Å². The maximum Gasteiger partial charge on any atom is 0.193 e. The van der Waals surface area contributed by atoms with Gasteiger partial charge in [-0.3, -0.25) is 9.67 Å². The molecular formula is C18H33N5. The lowest BCUT2D eigenvalue weighted by Crippen LogP contribution is -2.40. The molecule has 1 fully saturated rings. The number of guanidine groups is 1. The van der Waals surface area contributed by atoms with Gasteiger partial charge >= 0.3 is 0 Å². The number of hydrogen-bond donors (Lipinski definition) is 1. The zero-order valence-electron chi connectivity index (χ0n) is 15.5. The molecule has 5 nitrogen and oxygen atoms in total. The number of aliphatic imine (C=N–C) groups is 1. The van der Waals surface area contributed by atoms with E-state index in [1.54, 1.807) is 0 Å². The molecule has 23 heavy (non-hydrogen) atoms. The van der Waals surface area contributed by atoms with Crippen LogP contribution in [0.4, 0.5) is 0 Å². The Morgan fingerprint density at radius 1 is 1.43 bits per heavy atom. The Hall–Kier alpha value is -1.52. The van der Waals surface area contributed by atoms with Gasteiger partial charge in [0.1, 0.15) is 0 Å². The molecule has 1 aromatic rings. The van der Waals surface area contributed by atoms with Gasteiger partial charge in [-0.15, -0.1) is 0 Å². The maximum atomic E-state index is 4.84. The minimum absolute atomic E-state index is 0.396. The van der Waals surface area contributed by atoms with Crippen molar-refractivity contribution in [2.45, 2.75) is 52.9 Å². The van der Waals surface area contributed by atoms with E-state index in [0.717, 1.165) is 38.6 Å². The van der Waals surface area contributed by atoms with Crippen LogP contribution in [0.5, 0.6) is 0 Å². The first kappa shape index (κ1) is 17.8. The van der Waals surface area contributed by atoms with E-state index in [4.69, 9.17) is 4.99 Å². The second-order valence-electron chi connectivity index (χ2n) is 7.78. The van der Waals surface area contributed by atoms with Crippen molar-refractivity contribution >= 4 is 5.96 Å². The summed E-state index contributed by atoms with van der Waals surface area (Å²) >= 11 is 0. The van der Waals surface area contributed by atoms with Gasteiger partial charge in [-0.2, -0.15) is 5.10 Å². The third-order valence-corrected chi connectivity index (χ3v) is 4.37. The fraction of sp³-hybridized carbons (Fsp3) is 0.778. The molecule has 0 amide bonds. The van der Waals surface area contributed by atoms with Crippen LogP contribution in [0.1, 0.15) is 58.4 Å². The van der Waals surface area contributed by atoms with Gasteiger partial charge in [0.2, 0.25) is 0 Å². The Kier molecular flexibility index (Phi) is 6.08. The molecule has 1 saturated heterocycles. The van der Waals surface area contributed by atoms with Crippen molar-refractivity contribution in [1.82, 2.24) is 20.0 Å². The number of nitrogens with one attached hydrogen (secondary N) is 1. The van der Waals surface area contributed by atoms with Crippen LogP contribution in [0.2, 0.25) is 0 Å². The molecule has 130 valence electrons. The van der Waals surface area contributed by atoms with E-state index < -0.39 is 0 Å². The summed E-state index contributed by atoms with van der Waals surface area (Å²) in [5, 5.41) is 7.76. The van der Waals surface area contributed by atoms with Crippen molar-refractivity contribution in [3.63, 3.8) is 0 Å². The van der Waals surface area contributed by atoms with Crippen molar-refractivity contribution in [2.75, 3.05) is 26.2 Å². The molecule has 1 aliphatic heterocycles. The molecule has 1 N–H and O–H groups in total. The van der Waals surface area contributed by atoms with Crippen LogP contribution in [-0.2, 0) is 7.05 Å². The van der Waals surface area contributed by atoms with E-state index in [1.165, 1.54) is 18.4 Å². The summed E-state index contributed by atoms with van der Waals surface area (Å²) in [5.41, 5.74) is 1.74. The van der Waals surface area contributed by atoms with Crippen molar-refractivity contribution in [1.29, 1.82) is 0 Å². The molecule has 1 aliphatic rings. The first-order chi connectivity index (χ1) is 10.9. The summed E-state index contributed by atoms with van der Waals surface area (Å²) in [4.78, 5) is 7.24. The number of aryl methyl sites for hydroxylation is 1. The van der Waals surface area contributed by atoms with Gasteiger partial charge in [0.15, 0.2) is 5.96 Å². The highest BCUT2D eigenvalue weighted by atomic mass is 15.3. The van der Waals surface area contributed by atoms with Crippen LogP contribution >= 0.6 is 0 Å². The minimum Gasteiger partial charge on any atom is -0.357 e.